The molecule has 3 rings (SSSR count). The van der Waals surface area contributed by atoms with Gasteiger partial charge in [-0.1, -0.05) is 31.2 Å². The molecule has 0 saturated carbocycles. The summed E-state index contributed by atoms with van der Waals surface area (Å²) >= 11 is 0. The van der Waals surface area contributed by atoms with Crippen LogP contribution < -0.4 is 14.8 Å². The van der Waals surface area contributed by atoms with E-state index in [1.54, 1.807) is 14.2 Å². The van der Waals surface area contributed by atoms with Gasteiger partial charge in [0.1, 0.15) is 0 Å². The van der Waals surface area contributed by atoms with Gasteiger partial charge in [0.2, 0.25) is 5.91 Å². The summed E-state index contributed by atoms with van der Waals surface area (Å²) in [5.74, 6) is 1.48. The van der Waals surface area contributed by atoms with Gasteiger partial charge < -0.3 is 14.8 Å². The van der Waals surface area contributed by atoms with Crippen molar-refractivity contribution >= 4 is 5.91 Å². The Hall–Kier alpha value is -2.49. The Morgan fingerprint density at radius 1 is 1.00 bits per heavy atom. The zero-order valence-electron chi connectivity index (χ0n) is 17.2. The number of hydrogen-bond acceptors (Lipinski definition) is 3. The minimum Gasteiger partial charge on any atom is -0.493 e. The molecule has 0 spiro atoms. The summed E-state index contributed by atoms with van der Waals surface area (Å²) < 4.78 is 10.6. The molecule has 0 radical (unpaired) electrons. The van der Waals surface area contributed by atoms with Crippen molar-refractivity contribution in [1.82, 2.24) is 5.32 Å². The third-order valence-electron chi connectivity index (χ3n) is 5.61. The van der Waals surface area contributed by atoms with Crippen LogP contribution in [-0.4, -0.2) is 20.1 Å². The maximum Gasteiger partial charge on any atom is 0.220 e. The number of rotatable bonds is 8. The smallest absolute Gasteiger partial charge is 0.220 e. The Morgan fingerprint density at radius 2 is 1.75 bits per heavy atom. The number of fused-ring (bicyclic) bond motifs is 1. The first-order valence-corrected chi connectivity index (χ1v) is 10.3. The van der Waals surface area contributed by atoms with Crippen LogP contribution in [0.1, 0.15) is 60.9 Å². The van der Waals surface area contributed by atoms with Gasteiger partial charge in [0.15, 0.2) is 11.5 Å². The maximum atomic E-state index is 12.6. The van der Waals surface area contributed by atoms with Gasteiger partial charge in [0.05, 0.1) is 20.3 Å². The molecule has 0 unspecified atom stereocenters. The minimum absolute atomic E-state index is 0.0742. The van der Waals surface area contributed by atoms with E-state index in [9.17, 15) is 4.79 Å². The molecule has 1 amide bonds. The van der Waals surface area contributed by atoms with E-state index in [1.807, 2.05) is 18.2 Å². The van der Waals surface area contributed by atoms with Crippen LogP contribution in [-0.2, 0) is 24.1 Å². The lowest BCUT2D eigenvalue weighted by atomic mass is 9.89. The van der Waals surface area contributed by atoms with E-state index in [0.717, 1.165) is 18.4 Å². The second-order valence-electron chi connectivity index (χ2n) is 7.45. The van der Waals surface area contributed by atoms with E-state index in [4.69, 9.17) is 9.47 Å². The number of benzene rings is 2. The molecule has 2 aromatic rings. The fourth-order valence-corrected chi connectivity index (χ4v) is 3.95. The number of ether oxygens (including phenoxy) is 2. The molecule has 4 nitrogen and oxygen atoms in total. The van der Waals surface area contributed by atoms with Crippen LogP contribution in [0.15, 0.2) is 36.4 Å². The van der Waals surface area contributed by atoms with Crippen molar-refractivity contribution in [1.29, 1.82) is 0 Å². The summed E-state index contributed by atoms with van der Waals surface area (Å²) in [6.07, 6.45) is 6.92. The van der Waals surface area contributed by atoms with Crippen molar-refractivity contribution in [3.8, 4) is 11.5 Å². The van der Waals surface area contributed by atoms with Gasteiger partial charge in [0, 0.05) is 6.42 Å². The van der Waals surface area contributed by atoms with E-state index >= 15 is 0 Å². The Balaban J connectivity index is 1.60. The summed E-state index contributed by atoms with van der Waals surface area (Å²) in [4.78, 5) is 12.6. The first kappa shape index (κ1) is 20.2. The zero-order chi connectivity index (χ0) is 19.9. The van der Waals surface area contributed by atoms with Crippen molar-refractivity contribution in [2.24, 2.45) is 0 Å². The minimum atomic E-state index is 0.0742. The largest absolute Gasteiger partial charge is 0.493 e. The van der Waals surface area contributed by atoms with Crippen molar-refractivity contribution in [2.75, 3.05) is 14.2 Å². The van der Waals surface area contributed by atoms with Crippen molar-refractivity contribution in [3.63, 3.8) is 0 Å². The number of hydrogen-bond donors (Lipinski definition) is 1. The Morgan fingerprint density at radius 3 is 2.46 bits per heavy atom. The second-order valence-corrected chi connectivity index (χ2v) is 7.45. The molecule has 1 atom stereocenters. The number of carbonyl (C=O) groups is 1. The molecule has 1 aliphatic rings. The summed E-state index contributed by atoms with van der Waals surface area (Å²) in [7, 11) is 3.25. The first-order chi connectivity index (χ1) is 13.6. The summed E-state index contributed by atoms with van der Waals surface area (Å²) in [6.45, 7) is 2.12. The highest BCUT2D eigenvalue weighted by molar-refractivity contribution is 5.76. The molecule has 0 fully saturated rings. The lowest BCUT2D eigenvalue weighted by Crippen LogP contribution is -2.28. The average Bonchev–Trinajstić information content (AvgIpc) is 2.75. The van der Waals surface area contributed by atoms with E-state index < -0.39 is 0 Å². The molecular weight excluding hydrogens is 350 g/mol. The molecule has 150 valence electrons. The quantitative estimate of drug-likeness (QED) is 0.716. The zero-order valence-corrected chi connectivity index (χ0v) is 17.2. The van der Waals surface area contributed by atoms with Gasteiger partial charge >= 0.3 is 0 Å². The van der Waals surface area contributed by atoms with Crippen molar-refractivity contribution in [3.05, 3.63) is 58.7 Å². The van der Waals surface area contributed by atoms with Crippen molar-refractivity contribution < 1.29 is 14.3 Å². The normalized spacial score (nSPS) is 14.1. The lowest BCUT2D eigenvalue weighted by Gasteiger charge is -2.22. The van der Waals surface area contributed by atoms with Crippen LogP contribution in [0.2, 0.25) is 0 Å². The molecule has 28 heavy (non-hydrogen) atoms. The van der Waals surface area contributed by atoms with Gasteiger partial charge in [-0.15, -0.1) is 0 Å². The highest BCUT2D eigenvalue weighted by atomic mass is 16.5. The standard InChI is InChI=1S/C24H31NO3/c1-4-21(20-12-11-18-7-5-6-8-19(18)16-20)25-24(26)14-10-17-9-13-22(27-2)23(15-17)28-3/h9,11-13,15-16,21H,4-8,10,14H2,1-3H3,(H,25,26)/t21-/m0/s1. The second kappa shape index (κ2) is 9.63. The summed E-state index contributed by atoms with van der Waals surface area (Å²) in [5.41, 5.74) is 5.23. The maximum absolute atomic E-state index is 12.6. The van der Waals surface area contributed by atoms with Gasteiger partial charge in [-0.05, 0) is 72.9 Å². The summed E-state index contributed by atoms with van der Waals surface area (Å²) in [6, 6.07) is 12.6. The molecular formula is C24H31NO3. The lowest BCUT2D eigenvalue weighted by molar-refractivity contribution is -0.121. The Labute approximate surface area is 168 Å². The van der Waals surface area contributed by atoms with Crippen LogP contribution in [0.4, 0.5) is 0 Å². The van der Waals surface area contributed by atoms with Gasteiger partial charge in [0.25, 0.3) is 0 Å². The molecule has 1 N–H and O–H groups in total. The topological polar surface area (TPSA) is 47.6 Å². The monoisotopic (exact) mass is 381 g/mol. The average molecular weight is 382 g/mol. The van der Waals surface area contributed by atoms with Crippen molar-refractivity contribution in [2.45, 2.75) is 57.9 Å². The van der Waals surface area contributed by atoms with Gasteiger partial charge in [-0.25, -0.2) is 0 Å². The van der Waals surface area contributed by atoms with E-state index in [1.165, 1.54) is 36.0 Å². The number of nitrogens with one attached hydrogen (secondary N) is 1. The molecule has 0 aromatic heterocycles. The molecule has 4 heteroatoms. The Kier molecular flexibility index (Phi) is 6.96. The molecule has 1 aliphatic carbocycles. The SMILES string of the molecule is CC[C@H](NC(=O)CCc1ccc(OC)c(OC)c1)c1ccc2c(c1)CCCC2. The van der Waals surface area contributed by atoms with E-state index in [2.05, 4.69) is 30.4 Å². The molecule has 0 saturated heterocycles. The number of amides is 1. The molecule has 2 aromatic carbocycles. The number of methoxy groups -OCH3 is 2. The fourth-order valence-electron chi connectivity index (χ4n) is 3.95. The third-order valence-corrected chi connectivity index (χ3v) is 5.61. The number of aryl methyl sites for hydroxylation is 3. The first-order valence-electron chi connectivity index (χ1n) is 10.3. The predicted molar refractivity (Wildman–Crippen MR) is 112 cm³/mol. The van der Waals surface area contributed by atoms with Crippen LogP contribution in [0.25, 0.3) is 0 Å². The van der Waals surface area contributed by atoms with Crippen LogP contribution in [0.5, 0.6) is 11.5 Å². The summed E-state index contributed by atoms with van der Waals surface area (Å²) in [5, 5.41) is 3.22. The molecule has 0 heterocycles. The predicted octanol–water partition coefficient (Wildman–Crippen LogP) is 4.78. The van der Waals surface area contributed by atoms with Crippen LogP contribution >= 0.6 is 0 Å². The highest BCUT2D eigenvalue weighted by Gasteiger charge is 2.16. The number of carbonyl (C=O) groups excluding carboxylic acids is 1. The van der Waals surface area contributed by atoms with Crippen LogP contribution in [0, 0.1) is 0 Å². The third kappa shape index (κ3) is 4.86. The highest BCUT2D eigenvalue weighted by Crippen LogP contribution is 2.28. The van der Waals surface area contributed by atoms with Gasteiger partial charge in [-0.2, -0.15) is 0 Å². The molecule has 0 bridgehead atoms. The fraction of sp³-hybridized carbons (Fsp3) is 0.458. The van der Waals surface area contributed by atoms with Gasteiger partial charge in [-0.3, -0.25) is 4.79 Å². The van der Waals surface area contributed by atoms with E-state index in [0.29, 0.717) is 24.3 Å². The molecule has 0 aliphatic heterocycles. The Bertz CT molecular complexity index is 815. The van der Waals surface area contributed by atoms with Crippen LogP contribution in [0.3, 0.4) is 0 Å². The van der Waals surface area contributed by atoms with E-state index in [-0.39, 0.29) is 11.9 Å².